The lowest BCUT2D eigenvalue weighted by atomic mass is 10.0. The summed E-state index contributed by atoms with van der Waals surface area (Å²) in [7, 11) is 0. The fourth-order valence-electron chi connectivity index (χ4n) is 5.07. The molecule has 0 fully saturated rings. The van der Waals surface area contributed by atoms with Crippen molar-refractivity contribution in [2.45, 2.75) is 142 Å². The summed E-state index contributed by atoms with van der Waals surface area (Å²) in [6.45, 7) is 9.67. The van der Waals surface area contributed by atoms with Gasteiger partial charge in [0.2, 0.25) is 0 Å². The molecule has 1 aromatic carbocycles. The molecule has 2 heteroatoms. The highest BCUT2D eigenvalue weighted by Gasteiger charge is 2.06. The Morgan fingerprint density at radius 2 is 1.29 bits per heavy atom. The first-order valence-electron chi connectivity index (χ1n) is 15.1. The molecule has 2 aromatic rings. The van der Waals surface area contributed by atoms with Gasteiger partial charge in [-0.3, -0.25) is 0 Å². The van der Waals surface area contributed by atoms with Gasteiger partial charge in [-0.25, -0.2) is 0 Å². The molecule has 0 bridgehead atoms. The first-order valence-corrected chi connectivity index (χ1v) is 15.1. The molecule has 35 heavy (non-hydrogen) atoms. The van der Waals surface area contributed by atoms with E-state index in [1.807, 2.05) is 6.26 Å². The van der Waals surface area contributed by atoms with Gasteiger partial charge in [-0.1, -0.05) is 129 Å². The molecule has 0 spiro atoms. The van der Waals surface area contributed by atoms with Gasteiger partial charge in [0, 0.05) is 17.6 Å². The van der Waals surface area contributed by atoms with Gasteiger partial charge in [0.1, 0.15) is 5.58 Å². The summed E-state index contributed by atoms with van der Waals surface area (Å²) in [5.74, 6) is 0. The number of fused-ring (bicyclic) bond motifs is 1. The van der Waals surface area contributed by atoms with Crippen LogP contribution in [-0.4, -0.2) is 6.54 Å². The highest BCUT2D eigenvalue weighted by atomic mass is 16.3. The average Bonchev–Trinajstić information content (AvgIpc) is 3.28. The molecule has 0 saturated carbocycles. The Kier molecular flexibility index (Phi) is 16.4. The zero-order valence-electron chi connectivity index (χ0n) is 23.3. The van der Waals surface area contributed by atoms with Gasteiger partial charge in [0.25, 0.3) is 0 Å². The Morgan fingerprint density at radius 3 is 1.83 bits per heavy atom. The third kappa shape index (κ3) is 13.3. The molecule has 0 radical (unpaired) electrons. The van der Waals surface area contributed by atoms with E-state index in [2.05, 4.69) is 43.9 Å². The van der Waals surface area contributed by atoms with E-state index in [4.69, 9.17) is 4.42 Å². The van der Waals surface area contributed by atoms with Crippen molar-refractivity contribution in [1.82, 2.24) is 5.32 Å². The average molecular weight is 482 g/mol. The lowest BCUT2D eigenvalue weighted by molar-refractivity contribution is 0.526. The van der Waals surface area contributed by atoms with Crippen molar-refractivity contribution >= 4 is 11.0 Å². The Labute approximate surface area is 217 Å². The fraction of sp³-hybridized carbons (Fsp3) is 0.697. The van der Waals surface area contributed by atoms with Gasteiger partial charge in [0.15, 0.2) is 0 Å². The summed E-state index contributed by atoms with van der Waals surface area (Å²) in [5.41, 5.74) is 4.86. The van der Waals surface area contributed by atoms with Crippen molar-refractivity contribution in [3.8, 4) is 0 Å². The van der Waals surface area contributed by atoms with Crippen LogP contribution in [0.4, 0.5) is 0 Å². The molecular formula is C33H55NO. The van der Waals surface area contributed by atoms with E-state index >= 15 is 0 Å². The van der Waals surface area contributed by atoms with Crippen LogP contribution < -0.4 is 5.32 Å². The predicted molar refractivity (Wildman–Crippen MR) is 155 cm³/mol. The summed E-state index contributed by atoms with van der Waals surface area (Å²) in [6.07, 6.45) is 29.2. The molecule has 1 N–H and O–H groups in total. The Balaban J connectivity index is 1.35. The molecule has 0 unspecified atom stereocenters. The lowest BCUT2D eigenvalue weighted by Gasteiger charge is -2.09. The highest BCUT2D eigenvalue weighted by Crippen LogP contribution is 2.23. The third-order valence-corrected chi connectivity index (χ3v) is 7.48. The number of hydrogen-bond acceptors (Lipinski definition) is 2. The van der Waals surface area contributed by atoms with Crippen LogP contribution in [0, 0.1) is 0 Å². The second-order valence-corrected chi connectivity index (χ2v) is 10.6. The Bertz CT molecular complexity index is 789. The molecule has 198 valence electrons. The van der Waals surface area contributed by atoms with Crippen LogP contribution in [0.1, 0.15) is 141 Å². The van der Waals surface area contributed by atoms with Crippen LogP contribution >= 0.6 is 0 Å². The number of allylic oxidation sites excluding steroid dienone is 1. The maximum atomic E-state index is 5.72. The van der Waals surface area contributed by atoms with Crippen LogP contribution in [-0.2, 0) is 12.8 Å². The van der Waals surface area contributed by atoms with E-state index in [0.29, 0.717) is 0 Å². The largest absolute Gasteiger partial charge is 0.464 e. The van der Waals surface area contributed by atoms with E-state index in [9.17, 15) is 0 Å². The number of rotatable bonds is 23. The first kappa shape index (κ1) is 29.5. The number of unbranched alkanes of at least 4 members (excludes halogenated alkanes) is 16. The molecule has 0 saturated heterocycles. The summed E-state index contributed by atoms with van der Waals surface area (Å²) in [6, 6.07) is 6.54. The van der Waals surface area contributed by atoms with Crippen molar-refractivity contribution in [3.05, 3.63) is 47.9 Å². The standard InChI is InChI=1S/C33H55NO/c1-4-6-7-8-9-10-11-12-13-14-15-16-17-18-19-20-21-22-29(3)34-26-25-31-28-35-33-24-23-30(5-2)27-32(31)33/h23-24,27-28,34H,3-22,25-26H2,1-2H3. The first-order chi connectivity index (χ1) is 17.2. The second-order valence-electron chi connectivity index (χ2n) is 10.6. The number of nitrogens with one attached hydrogen (secondary N) is 1. The maximum Gasteiger partial charge on any atom is 0.134 e. The molecule has 0 aliphatic rings. The van der Waals surface area contributed by atoms with Crippen molar-refractivity contribution in [2.24, 2.45) is 0 Å². The molecule has 0 aliphatic carbocycles. The lowest BCUT2D eigenvalue weighted by Crippen LogP contribution is -2.15. The molecule has 0 amide bonds. The van der Waals surface area contributed by atoms with E-state index in [1.54, 1.807) is 0 Å². The van der Waals surface area contributed by atoms with E-state index in [1.165, 1.54) is 131 Å². The number of hydrogen-bond donors (Lipinski definition) is 1. The van der Waals surface area contributed by atoms with Crippen molar-refractivity contribution in [3.63, 3.8) is 0 Å². The minimum atomic E-state index is 0.933. The number of aryl methyl sites for hydroxylation is 1. The van der Waals surface area contributed by atoms with Crippen LogP contribution in [0.5, 0.6) is 0 Å². The third-order valence-electron chi connectivity index (χ3n) is 7.48. The Morgan fingerprint density at radius 1 is 0.743 bits per heavy atom. The summed E-state index contributed by atoms with van der Waals surface area (Å²) in [5, 5.41) is 4.80. The molecule has 0 aliphatic heterocycles. The summed E-state index contributed by atoms with van der Waals surface area (Å²) in [4.78, 5) is 0. The van der Waals surface area contributed by atoms with Crippen molar-refractivity contribution < 1.29 is 4.42 Å². The Hall–Kier alpha value is -1.70. The number of benzene rings is 1. The quantitative estimate of drug-likeness (QED) is 0.160. The summed E-state index contributed by atoms with van der Waals surface area (Å²) >= 11 is 0. The second kappa shape index (κ2) is 19.5. The van der Waals surface area contributed by atoms with Gasteiger partial charge in [-0.2, -0.15) is 0 Å². The van der Waals surface area contributed by atoms with Gasteiger partial charge in [0.05, 0.1) is 6.26 Å². The molecule has 1 heterocycles. The van der Waals surface area contributed by atoms with Gasteiger partial charge >= 0.3 is 0 Å². The highest BCUT2D eigenvalue weighted by molar-refractivity contribution is 5.81. The van der Waals surface area contributed by atoms with Crippen molar-refractivity contribution in [1.29, 1.82) is 0 Å². The smallest absolute Gasteiger partial charge is 0.134 e. The molecule has 1 aromatic heterocycles. The minimum absolute atomic E-state index is 0.933. The minimum Gasteiger partial charge on any atom is -0.464 e. The topological polar surface area (TPSA) is 25.2 Å². The van der Waals surface area contributed by atoms with E-state index in [0.717, 1.165) is 31.4 Å². The summed E-state index contributed by atoms with van der Waals surface area (Å²) < 4.78 is 5.72. The van der Waals surface area contributed by atoms with Gasteiger partial charge in [-0.05, 0) is 48.9 Å². The SMILES string of the molecule is C=C(CCCCCCCCCCCCCCCCCCC)NCCc1coc2ccc(CC)cc12. The molecule has 2 rings (SSSR count). The molecular weight excluding hydrogens is 426 g/mol. The van der Waals surface area contributed by atoms with Crippen molar-refractivity contribution in [2.75, 3.05) is 6.54 Å². The molecule has 2 nitrogen and oxygen atoms in total. The number of furan rings is 1. The van der Waals surface area contributed by atoms with E-state index in [-0.39, 0.29) is 0 Å². The maximum absolute atomic E-state index is 5.72. The normalized spacial score (nSPS) is 11.4. The zero-order valence-corrected chi connectivity index (χ0v) is 23.3. The zero-order chi connectivity index (χ0) is 25.0. The van der Waals surface area contributed by atoms with E-state index < -0.39 is 0 Å². The monoisotopic (exact) mass is 481 g/mol. The fourth-order valence-corrected chi connectivity index (χ4v) is 5.07. The van der Waals surface area contributed by atoms with Crippen LogP contribution in [0.15, 0.2) is 41.2 Å². The van der Waals surface area contributed by atoms with Gasteiger partial charge in [-0.15, -0.1) is 0 Å². The van der Waals surface area contributed by atoms with Crippen LogP contribution in [0.2, 0.25) is 0 Å². The van der Waals surface area contributed by atoms with Gasteiger partial charge < -0.3 is 9.73 Å². The van der Waals surface area contributed by atoms with Crippen LogP contribution in [0.3, 0.4) is 0 Å². The molecule has 0 atom stereocenters. The predicted octanol–water partition coefficient (Wildman–Crippen LogP) is 10.7. The van der Waals surface area contributed by atoms with Crippen LogP contribution in [0.25, 0.3) is 11.0 Å².